The molecule has 0 saturated heterocycles. The van der Waals surface area contributed by atoms with Crippen molar-refractivity contribution in [2.75, 3.05) is 6.61 Å². The Labute approximate surface area is 124 Å². The van der Waals surface area contributed by atoms with Gasteiger partial charge in [0.1, 0.15) is 10.0 Å². The van der Waals surface area contributed by atoms with Crippen LogP contribution in [0.4, 0.5) is 0 Å². The number of hydrogen-bond donors (Lipinski definition) is 0. The van der Waals surface area contributed by atoms with Gasteiger partial charge in [0.15, 0.2) is 0 Å². The maximum absolute atomic E-state index is 5.92. The first-order valence-corrected chi connectivity index (χ1v) is 8.10. The van der Waals surface area contributed by atoms with Crippen LogP contribution in [-0.2, 0) is 0 Å². The molecule has 0 heterocycles. The van der Waals surface area contributed by atoms with Crippen LogP contribution in [0.25, 0.3) is 0 Å². The first-order chi connectivity index (χ1) is 8.74. The fourth-order valence-electron chi connectivity index (χ4n) is 1.78. The molecule has 0 fully saturated rings. The van der Waals surface area contributed by atoms with E-state index in [1.54, 1.807) is 0 Å². The molecule has 0 bridgehead atoms. The monoisotopic (exact) mass is 332 g/mol. The van der Waals surface area contributed by atoms with Crippen LogP contribution in [0.1, 0.15) is 55.3 Å². The summed E-state index contributed by atoms with van der Waals surface area (Å²) >= 11 is 9.24. The predicted octanol–water partition coefficient (Wildman–Crippen LogP) is 6.06. The molecule has 0 aromatic heterocycles. The SMILES string of the molecule is CCCCCCCCOc1ccc(C(Cl)Br)cc1. The van der Waals surface area contributed by atoms with E-state index in [-0.39, 0.29) is 4.29 Å². The summed E-state index contributed by atoms with van der Waals surface area (Å²) in [4.78, 5) is 0. The van der Waals surface area contributed by atoms with Crippen LogP contribution in [0, 0.1) is 0 Å². The second-order valence-electron chi connectivity index (χ2n) is 4.49. The van der Waals surface area contributed by atoms with E-state index in [4.69, 9.17) is 16.3 Å². The Hall–Kier alpha value is -0.210. The molecule has 0 amide bonds. The molecule has 1 atom stereocenters. The standard InChI is InChI=1S/C15H22BrClO/c1-2-3-4-5-6-7-12-18-14-10-8-13(9-11-14)15(16)17/h8-11,15H,2-7,12H2,1H3. The third-order valence-electron chi connectivity index (χ3n) is 2.90. The summed E-state index contributed by atoms with van der Waals surface area (Å²) < 4.78 is 5.57. The van der Waals surface area contributed by atoms with Crippen LogP contribution in [0.5, 0.6) is 5.75 Å². The van der Waals surface area contributed by atoms with E-state index in [1.165, 1.54) is 32.1 Å². The first kappa shape index (κ1) is 15.8. The number of ether oxygens (including phenoxy) is 1. The van der Waals surface area contributed by atoms with E-state index in [2.05, 4.69) is 22.9 Å². The lowest BCUT2D eigenvalue weighted by molar-refractivity contribution is 0.304. The van der Waals surface area contributed by atoms with Crippen LogP contribution in [-0.4, -0.2) is 6.61 Å². The summed E-state index contributed by atoms with van der Waals surface area (Å²) in [6.45, 7) is 3.05. The van der Waals surface area contributed by atoms with Gasteiger partial charge in [0.05, 0.1) is 6.61 Å². The molecule has 1 unspecified atom stereocenters. The topological polar surface area (TPSA) is 9.23 Å². The molecule has 0 N–H and O–H groups in total. The normalized spacial score (nSPS) is 12.4. The molecule has 3 heteroatoms. The van der Waals surface area contributed by atoms with Crippen LogP contribution in [0.15, 0.2) is 24.3 Å². The first-order valence-electron chi connectivity index (χ1n) is 6.75. The minimum absolute atomic E-state index is 0.120. The van der Waals surface area contributed by atoms with Gasteiger partial charge < -0.3 is 4.74 Å². The number of benzene rings is 1. The summed E-state index contributed by atoms with van der Waals surface area (Å²) in [6, 6.07) is 7.93. The number of hydrogen-bond acceptors (Lipinski definition) is 1. The third-order valence-corrected chi connectivity index (χ3v) is 3.68. The molecule has 0 aliphatic rings. The second-order valence-corrected chi connectivity index (χ2v) is 6.37. The highest BCUT2D eigenvalue weighted by Gasteiger charge is 2.02. The molecule has 102 valence electrons. The maximum Gasteiger partial charge on any atom is 0.119 e. The van der Waals surface area contributed by atoms with Crippen molar-refractivity contribution in [3.63, 3.8) is 0 Å². The molecule has 1 nitrogen and oxygen atoms in total. The average molecular weight is 334 g/mol. The minimum atomic E-state index is -0.120. The Bertz CT molecular complexity index is 311. The maximum atomic E-state index is 5.92. The van der Waals surface area contributed by atoms with Crippen LogP contribution in [0.2, 0.25) is 0 Å². The fraction of sp³-hybridized carbons (Fsp3) is 0.600. The van der Waals surface area contributed by atoms with Gasteiger partial charge in [0.25, 0.3) is 0 Å². The van der Waals surface area contributed by atoms with Crippen molar-refractivity contribution in [1.82, 2.24) is 0 Å². The largest absolute Gasteiger partial charge is 0.494 e. The van der Waals surface area contributed by atoms with E-state index < -0.39 is 0 Å². The predicted molar refractivity (Wildman–Crippen MR) is 82.8 cm³/mol. The van der Waals surface area contributed by atoms with E-state index in [0.29, 0.717) is 0 Å². The summed E-state index contributed by atoms with van der Waals surface area (Å²) in [5.41, 5.74) is 1.06. The average Bonchev–Trinajstić information content (AvgIpc) is 2.38. The summed E-state index contributed by atoms with van der Waals surface area (Å²) in [7, 11) is 0. The quantitative estimate of drug-likeness (QED) is 0.394. The minimum Gasteiger partial charge on any atom is -0.494 e. The lowest BCUT2D eigenvalue weighted by Gasteiger charge is -2.07. The van der Waals surface area contributed by atoms with Crippen molar-refractivity contribution in [3.8, 4) is 5.75 Å². The summed E-state index contributed by atoms with van der Waals surface area (Å²) in [5.74, 6) is 0.928. The van der Waals surface area contributed by atoms with E-state index in [0.717, 1.165) is 24.3 Å². The van der Waals surface area contributed by atoms with Crippen molar-refractivity contribution >= 4 is 27.5 Å². The highest BCUT2D eigenvalue weighted by atomic mass is 79.9. The zero-order chi connectivity index (χ0) is 13.2. The molecule has 1 aromatic carbocycles. The second kappa shape index (κ2) is 9.69. The van der Waals surface area contributed by atoms with Gasteiger partial charge in [0.2, 0.25) is 0 Å². The van der Waals surface area contributed by atoms with Gasteiger partial charge in [-0.05, 0) is 24.1 Å². The van der Waals surface area contributed by atoms with Crippen molar-refractivity contribution in [1.29, 1.82) is 0 Å². The van der Waals surface area contributed by atoms with Gasteiger partial charge in [-0.25, -0.2) is 0 Å². The van der Waals surface area contributed by atoms with Gasteiger partial charge in [0, 0.05) is 0 Å². The van der Waals surface area contributed by atoms with Gasteiger partial charge in [-0.1, -0.05) is 67.1 Å². The van der Waals surface area contributed by atoms with Crippen molar-refractivity contribution < 1.29 is 4.74 Å². The molecule has 1 aromatic rings. The fourth-order valence-corrected chi connectivity index (χ4v) is 2.23. The molecule has 0 saturated carbocycles. The zero-order valence-electron chi connectivity index (χ0n) is 11.0. The van der Waals surface area contributed by atoms with Crippen molar-refractivity contribution in [3.05, 3.63) is 29.8 Å². The molecule has 0 aliphatic carbocycles. The molecule has 0 spiro atoms. The molecular formula is C15H22BrClO. The molecule has 18 heavy (non-hydrogen) atoms. The van der Waals surface area contributed by atoms with Gasteiger partial charge in [-0.15, -0.1) is 11.6 Å². The van der Waals surface area contributed by atoms with Crippen LogP contribution < -0.4 is 4.74 Å². The Kier molecular flexibility index (Phi) is 8.53. The highest BCUT2D eigenvalue weighted by molar-refractivity contribution is 9.09. The number of unbranched alkanes of at least 4 members (excludes halogenated alkanes) is 5. The lowest BCUT2D eigenvalue weighted by atomic mass is 10.1. The molecule has 1 rings (SSSR count). The Balaban J connectivity index is 2.12. The van der Waals surface area contributed by atoms with Crippen molar-refractivity contribution in [2.45, 2.75) is 49.7 Å². The number of rotatable bonds is 9. The number of halogens is 2. The summed E-state index contributed by atoms with van der Waals surface area (Å²) in [6.07, 6.45) is 7.75. The Morgan fingerprint density at radius 2 is 1.67 bits per heavy atom. The van der Waals surface area contributed by atoms with E-state index >= 15 is 0 Å². The number of alkyl halides is 2. The van der Waals surface area contributed by atoms with E-state index in [9.17, 15) is 0 Å². The highest BCUT2D eigenvalue weighted by Crippen LogP contribution is 2.28. The zero-order valence-corrected chi connectivity index (χ0v) is 13.3. The smallest absolute Gasteiger partial charge is 0.119 e. The lowest BCUT2D eigenvalue weighted by Crippen LogP contribution is -1.97. The van der Waals surface area contributed by atoms with Crippen molar-refractivity contribution in [2.24, 2.45) is 0 Å². The third kappa shape index (κ3) is 6.65. The Morgan fingerprint density at radius 1 is 1.06 bits per heavy atom. The van der Waals surface area contributed by atoms with Gasteiger partial charge in [-0.2, -0.15) is 0 Å². The van der Waals surface area contributed by atoms with Gasteiger partial charge in [-0.3, -0.25) is 0 Å². The van der Waals surface area contributed by atoms with Gasteiger partial charge >= 0.3 is 0 Å². The molecular weight excluding hydrogens is 312 g/mol. The Morgan fingerprint density at radius 3 is 2.28 bits per heavy atom. The summed E-state index contributed by atoms with van der Waals surface area (Å²) in [5, 5.41) is 0. The van der Waals surface area contributed by atoms with Crippen LogP contribution in [0.3, 0.4) is 0 Å². The molecule has 0 radical (unpaired) electrons. The molecule has 0 aliphatic heterocycles. The van der Waals surface area contributed by atoms with Crippen LogP contribution >= 0.6 is 27.5 Å². The van der Waals surface area contributed by atoms with E-state index in [1.807, 2.05) is 24.3 Å².